The molecule has 3 amide bonds. The maximum Gasteiger partial charge on any atom is 0.337 e. The first kappa shape index (κ1) is 21.0. The SMILES string of the molecule is COC(=O)C1=C(Nc2cccc3c2C(=O)N(C2CCCCC2)C3=O)C(=O)N(CCO)C1. The van der Waals surface area contributed by atoms with Crippen LogP contribution >= 0.6 is 0 Å². The average Bonchev–Trinajstić information content (AvgIpc) is 3.23. The molecule has 0 spiro atoms. The molecule has 1 aromatic carbocycles. The summed E-state index contributed by atoms with van der Waals surface area (Å²) >= 11 is 0. The van der Waals surface area contributed by atoms with E-state index in [2.05, 4.69) is 5.32 Å². The lowest BCUT2D eigenvalue weighted by Crippen LogP contribution is -2.41. The van der Waals surface area contributed by atoms with Gasteiger partial charge in [0.25, 0.3) is 17.7 Å². The van der Waals surface area contributed by atoms with Crippen LogP contribution in [-0.4, -0.2) is 71.4 Å². The number of carbonyl (C=O) groups is 4. The van der Waals surface area contributed by atoms with Crippen LogP contribution in [0.15, 0.2) is 29.5 Å². The van der Waals surface area contributed by atoms with E-state index in [0.29, 0.717) is 11.3 Å². The number of amides is 3. The number of ether oxygens (including phenoxy) is 1. The number of rotatable bonds is 6. The number of hydrogen-bond acceptors (Lipinski definition) is 7. The van der Waals surface area contributed by atoms with Crippen LogP contribution in [0.1, 0.15) is 52.8 Å². The molecule has 0 bridgehead atoms. The molecule has 2 heterocycles. The summed E-state index contributed by atoms with van der Waals surface area (Å²) < 4.78 is 4.80. The van der Waals surface area contributed by atoms with E-state index in [-0.39, 0.29) is 54.4 Å². The molecule has 0 unspecified atom stereocenters. The molecule has 3 aliphatic rings. The average molecular weight is 427 g/mol. The molecule has 31 heavy (non-hydrogen) atoms. The number of carbonyl (C=O) groups excluding carboxylic acids is 4. The van der Waals surface area contributed by atoms with Crippen LogP contribution in [0.2, 0.25) is 0 Å². The first-order valence-corrected chi connectivity index (χ1v) is 10.5. The molecule has 1 fully saturated rings. The Kier molecular flexibility index (Phi) is 5.77. The lowest BCUT2D eigenvalue weighted by molar-refractivity contribution is -0.136. The number of imide groups is 1. The predicted octanol–water partition coefficient (Wildman–Crippen LogP) is 1.29. The fourth-order valence-corrected chi connectivity index (χ4v) is 4.56. The Balaban J connectivity index is 1.68. The lowest BCUT2D eigenvalue weighted by Gasteiger charge is -2.29. The van der Waals surface area contributed by atoms with Crippen molar-refractivity contribution < 1.29 is 29.0 Å². The van der Waals surface area contributed by atoms with Gasteiger partial charge in [-0.3, -0.25) is 19.3 Å². The van der Waals surface area contributed by atoms with Crippen molar-refractivity contribution in [3.8, 4) is 0 Å². The second kappa shape index (κ2) is 8.50. The quantitative estimate of drug-likeness (QED) is 0.519. The van der Waals surface area contributed by atoms with E-state index in [9.17, 15) is 24.3 Å². The van der Waals surface area contributed by atoms with Gasteiger partial charge in [0.15, 0.2) is 0 Å². The number of methoxy groups -OCH3 is 1. The fraction of sp³-hybridized carbons (Fsp3) is 0.455. The van der Waals surface area contributed by atoms with Gasteiger partial charge in [0.2, 0.25) is 0 Å². The molecular weight excluding hydrogens is 402 g/mol. The molecule has 0 aromatic heterocycles. The maximum absolute atomic E-state index is 13.2. The number of nitrogens with zero attached hydrogens (tertiary/aromatic N) is 2. The van der Waals surface area contributed by atoms with Gasteiger partial charge < -0.3 is 20.1 Å². The van der Waals surface area contributed by atoms with E-state index in [1.165, 1.54) is 16.9 Å². The van der Waals surface area contributed by atoms with Crippen molar-refractivity contribution in [1.29, 1.82) is 0 Å². The summed E-state index contributed by atoms with van der Waals surface area (Å²) in [6, 6.07) is 4.73. The number of nitrogens with one attached hydrogen (secondary N) is 1. The summed E-state index contributed by atoms with van der Waals surface area (Å²) in [6.07, 6.45) is 4.64. The number of benzene rings is 1. The van der Waals surface area contributed by atoms with Crippen LogP contribution in [0.3, 0.4) is 0 Å². The van der Waals surface area contributed by atoms with Gasteiger partial charge in [-0.1, -0.05) is 25.3 Å². The molecule has 0 atom stereocenters. The zero-order chi connectivity index (χ0) is 22.1. The summed E-state index contributed by atoms with van der Waals surface area (Å²) in [4.78, 5) is 54.0. The molecule has 1 aromatic rings. The molecule has 164 valence electrons. The minimum Gasteiger partial charge on any atom is -0.466 e. The van der Waals surface area contributed by atoms with Gasteiger partial charge in [-0.25, -0.2) is 4.79 Å². The minimum atomic E-state index is -0.671. The molecule has 9 nitrogen and oxygen atoms in total. The number of hydrogen-bond donors (Lipinski definition) is 2. The molecule has 1 aliphatic carbocycles. The number of esters is 1. The van der Waals surface area contributed by atoms with Crippen LogP contribution in [0.4, 0.5) is 5.69 Å². The van der Waals surface area contributed by atoms with Gasteiger partial charge in [-0.05, 0) is 25.0 Å². The smallest absolute Gasteiger partial charge is 0.337 e. The van der Waals surface area contributed by atoms with Gasteiger partial charge in [0.1, 0.15) is 5.70 Å². The maximum atomic E-state index is 13.2. The summed E-state index contributed by atoms with van der Waals surface area (Å²) in [7, 11) is 1.22. The highest BCUT2D eigenvalue weighted by atomic mass is 16.5. The van der Waals surface area contributed by atoms with Crippen molar-refractivity contribution in [3.05, 3.63) is 40.6 Å². The Morgan fingerprint density at radius 1 is 1.13 bits per heavy atom. The summed E-state index contributed by atoms with van der Waals surface area (Å²) in [6.45, 7) is -0.202. The van der Waals surface area contributed by atoms with Gasteiger partial charge in [0, 0.05) is 12.6 Å². The van der Waals surface area contributed by atoms with E-state index in [0.717, 1.165) is 32.1 Å². The van der Waals surface area contributed by atoms with Crippen LogP contribution in [-0.2, 0) is 14.3 Å². The highest BCUT2D eigenvalue weighted by molar-refractivity contribution is 6.24. The molecule has 4 rings (SSSR count). The second-order valence-corrected chi connectivity index (χ2v) is 7.92. The van der Waals surface area contributed by atoms with Gasteiger partial charge in [0.05, 0.1) is 42.6 Å². The number of aliphatic hydroxyl groups is 1. The standard InChI is InChI=1S/C22H25N3O6/c1-31-22(30)15-12-24(10-11-26)21(29)18(15)23-16-9-5-8-14-17(16)20(28)25(19(14)27)13-6-3-2-4-7-13/h5,8-9,13,23,26H,2-4,6-7,10-12H2,1H3. The fourth-order valence-electron chi connectivity index (χ4n) is 4.56. The largest absolute Gasteiger partial charge is 0.466 e. The summed E-state index contributed by atoms with van der Waals surface area (Å²) in [5.41, 5.74) is 0.899. The van der Waals surface area contributed by atoms with Crippen LogP contribution < -0.4 is 5.32 Å². The summed E-state index contributed by atoms with van der Waals surface area (Å²) in [5, 5.41) is 12.1. The Bertz CT molecular complexity index is 979. The molecular formula is C22H25N3O6. The third-order valence-electron chi connectivity index (χ3n) is 6.10. The number of β-amino-alcohol motifs (C(OH)–C–C–N with tert-alkyl or cyclic N) is 1. The topological polar surface area (TPSA) is 116 Å². The molecule has 0 saturated heterocycles. The molecule has 2 aliphatic heterocycles. The van der Waals surface area contributed by atoms with Crippen molar-refractivity contribution in [2.24, 2.45) is 0 Å². The normalized spacial score (nSPS) is 19.4. The number of anilines is 1. The molecule has 9 heteroatoms. The van der Waals surface area contributed by atoms with E-state index < -0.39 is 11.9 Å². The van der Waals surface area contributed by atoms with E-state index in [1.54, 1.807) is 18.2 Å². The van der Waals surface area contributed by atoms with Crippen molar-refractivity contribution in [2.75, 3.05) is 32.1 Å². The van der Waals surface area contributed by atoms with Crippen LogP contribution in [0, 0.1) is 0 Å². The zero-order valence-corrected chi connectivity index (χ0v) is 17.3. The van der Waals surface area contributed by atoms with Crippen LogP contribution in [0.25, 0.3) is 0 Å². The zero-order valence-electron chi connectivity index (χ0n) is 17.3. The monoisotopic (exact) mass is 427 g/mol. The van der Waals surface area contributed by atoms with Crippen molar-refractivity contribution >= 4 is 29.4 Å². The highest BCUT2D eigenvalue weighted by Gasteiger charge is 2.42. The van der Waals surface area contributed by atoms with Crippen molar-refractivity contribution in [2.45, 2.75) is 38.1 Å². The second-order valence-electron chi connectivity index (χ2n) is 7.92. The van der Waals surface area contributed by atoms with Crippen molar-refractivity contribution in [1.82, 2.24) is 9.80 Å². The Hall–Kier alpha value is -3.20. The summed E-state index contributed by atoms with van der Waals surface area (Å²) in [5.74, 6) is -1.85. The van der Waals surface area contributed by atoms with Crippen LogP contribution in [0.5, 0.6) is 0 Å². The third-order valence-corrected chi connectivity index (χ3v) is 6.10. The minimum absolute atomic E-state index is 0.00920. The first-order valence-electron chi connectivity index (χ1n) is 10.5. The molecule has 0 radical (unpaired) electrons. The Morgan fingerprint density at radius 3 is 2.55 bits per heavy atom. The van der Waals surface area contributed by atoms with Gasteiger partial charge >= 0.3 is 5.97 Å². The Morgan fingerprint density at radius 2 is 1.87 bits per heavy atom. The number of aliphatic hydroxyl groups excluding tert-OH is 1. The Labute approximate surface area is 179 Å². The first-order chi connectivity index (χ1) is 15.0. The predicted molar refractivity (Wildman–Crippen MR) is 110 cm³/mol. The lowest BCUT2D eigenvalue weighted by atomic mass is 9.94. The molecule has 2 N–H and O–H groups in total. The number of fused-ring (bicyclic) bond motifs is 1. The van der Waals surface area contributed by atoms with E-state index in [1.807, 2.05) is 0 Å². The highest BCUT2D eigenvalue weighted by Crippen LogP contribution is 2.35. The third kappa shape index (κ3) is 3.59. The van der Waals surface area contributed by atoms with E-state index >= 15 is 0 Å². The van der Waals surface area contributed by atoms with Gasteiger partial charge in [-0.15, -0.1) is 0 Å². The molecule has 1 saturated carbocycles. The van der Waals surface area contributed by atoms with Crippen molar-refractivity contribution in [3.63, 3.8) is 0 Å². The van der Waals surface area contributed by atoms with E-state index in [4.69, 9.17) is 4.74 Å². The van der Waals surface area contributed by atoms with Gasteiger partial charge in [-0.2, -0.15) is 0 Å².